The van der Waals surface area contributed by atoms with Crippen molar-refractivity contribution < 1.29 is 55.3 Å². The van der Waals surface area contributed by atoms with Crippen LogP contribution in [0.5, 0.6) is 5.75 Å². The first kappa shape index (κ1) is 29.3. The molecule has 12 N–H and O–H groups in total. The zero-order valence-corrected chi connectivity index (χ0v) is 20.0. The summed E-state index contributed by atoms with van der Waals surface area (Å²) in [7, 11) is 2.98. The van der Waals surface area contributed by atoms with Crippen LogP contribution >= 0.6 is 0 Å². The fourth-order valence-electron chi connectivity index (χ4n) is 5.58. The van der Waals surface area contributed by atoms with E-state index in [9.17, 15) is 39.9 Å². The number of hydrogen-bond acceptors (Lipinski definition) is 10. The van der Waals surface area contributed by atoms with Crippen LogP contribution in [0.1, 0.15) is 28.8 Å². The Labute approximate surface area is 210 Å². The van der Waals surface area contributed by atoms with E-state index in [4.69, 9.17) is 15.6 Å². The van der Waals surface area contributed by atoms with Crippen molar-refractivity contribution in [2.24, 2.45) is 23.3 Å². The highest BCUT2D eigenvalue weighted by Crippen LogP contribution is 2.55. The molecule has 1 aromatic rings. The molecule has 0 saturated carbocycles. The zero-order chi connectivity index (χ0) is 27.4. The van der Waals surface area contributed by atoms with Gasteiger partial charge in [-0.1, -0.05) is 19.1 Å². The van der Waals surface area contributed by atoms with Crippen molar-refractivity contribution in [3.63, 3.8) is 0 Å². The Hall–Kier alpha value is -3.98. The van der Waals surface area contributed by atoms with E-state index in [2.05, 4.69) is 5.73 Å². The van der Waals surface area contributed by atoms with Crippen LogP contribution in [0.2, 0.25) is 0 Å². The number of carboxylic acid groups (broad SMARTS) is 1. The second-order valence-corrected chi connectivity index (χ2v) is 9.13. The highest BCUT2D eigenvalue weighted by Gasteiger charge is 2.67. The minimum Gasteiger partial charge on any atom is -0.510 e. The Morgan fingerprint density at radius 2 is 1.62 bits per heavy atom. The number of aliphatic hydroxyl groups excluding tert-OH is 3. The summed E-state index contributed by atoms with van der Waals surface area (Å²) in [6.07, 6.45) is -2.92. The Morgan fingerprint density at radius 3 is 2.11 bits per heavy atom. The number of rotatable bonds is 2. The molecule has 202 valence electrons. The third-order valence-corrected chi connectivity index (χ3v) is 7.00. The van der Waals surface area contributed by atoms with Crippen molar-refractivity contribution in [1.29, 1.82) is 0 Å². The molecule has 1 aromatic carbocycles. The first-order valence-electron chi connectivity index (χ1n) is 10.7. The van der Waals surface area contributed by atoms with Gasteiger partial charge in [0.2, 0.25) is 5.78 Å². The molecule has 0 aliphatic heterocycles. The number of likely N-dealkylation sites (N-methyl/N-ethyl adjacent to an activating group) is 1. The van der Waals surface area contributed by atoms with Gasteiger partial charge in [0.25, 0.3) is 5.91 Å². The normalized spacial score (nSPS) is 30.4. The standard InChI is InChI=1S/C22H24N2O8.CH3NO2.H2O/c1-7-8-5-4-6-9(25)11(8)16(26)12-10(7)17(27)14-15(24(2)3)18(28)13(21(23)31)20(30)22(14,32)19(12)29;2-1(3)4;/h4-7,10,14-15,17,25,27-29,32H,1-3H3,(H2,23,31);2H2,(H,3,4);1H2/t7-,10+,14+,15-,17-,22-;;/m0../s1. The number of carbonyl (C=O) groups excluding carboxylic acids is 3. The predicted octanol–water partition coefficient (Wildman–Crippen LogP) is -1.55. The van der Waals surface area contributed by atoms with Crippen molar-refractivity contribution >= 4 is 23.6 Å². The summed E-state index contributed by atoms with van der Waals surface area (Å²) in [4.78, 5) is 48.6. The maximum Gasteiger partial charge on any atom is 0.402 e. The predicted molar refractivity (Wildman–Crippen MR) is 126 cm³/mol. The van der Waals surface area contributed by atoms with Crippen LogP contribution in [-0.2, 0) is 9.59 Å². The lowest BCUT2D eigenvalue weighted by Crippen LogP contribution is -2.68. The fraction of sp³-hybridized carbons (Fsp3) is 0.391. The number of Topliss-reactive ketones (excluding diaryl/α,β-unsaturated/α-hetero) is 2. The topological polar surface area (TPSA) is 276 Å². The molecule has 4 rings (SSSR count). The van der Waals surface area contributed by atoms with Crippen LogP contribution in [-0.4, -0.2) is 96.4 Å². The first-order valence-corrected chi connectivity index (χ1v) is 10.7. The maximum absolute atomic E-state index is 13.3. The summed E-state index contributed by atoms with van der Waals surface area (Å²) < 4.78 is 0. The molecule has 0 fully saturated rings. The molecule has 0 bridgehead atoms. The van der Waals surface area contributed by atoms with Crippen molar-refractivity contribution in [1.82, 2.24) is 4.90 Å². The van der Waals surface area contributed by atoms with E-state index in [0.29, 0.717) is 5.56 Å². The lowest BCUT2D eigenvalue weighted by Gasteiger charge is -2.53. The van der Waals surface area contributed by atoms with Crippen LogP contribution < -0.4 is 11.5 Å². The van der Waals surface area contributed by atoms with Gasteiger partial charge in [0.1, 0.15) is 22.8 Å². The van der Waals surface area contributed by atoms with Gasteiger partial charge in [-0.2, -0.15) is 0 Å². The van der Waals surface area contributed by atoms with E-state index in [1.165, 1.54) is 25.1 Å². The average Bonchev–Trinajstić information content (AvgIpc) is 2.75. The number of aromatic hydroxyl groups is 1. The van der Waals surface area contributed by atoms with Crippen LogP contribution in [0, 0.1) is 11.8 Å². The molecule has 0 radical (unpaired) electrons. The Balaban J connectivity index is 0.000000898. The van der Waals surface area contributed by atoms with Gasteiger partial charge in [0, 0.05) is 11.5 Å². The van der Waals surface area contributed by atoms with Gasteiger partial charge in [-0.05, 0) is 31.6 Å². The summed E-state index contributed by atoms with van der Waals surface area (Å²) in [6, 6.07) is 3.17. The Bertz CT molecular complexity index is 1230. The molecule has 3 aliphatic rings. The minimum absolute atomic E-state index is 0. The molecule has 0 aromatic heterocycles. The average molecular weight is 523 g/mol. The number of amides is 2. The van der Waals surface area contributed by atoms with Gasteiger partial charge in [-0.15, -0.1) is 0 Å². The van der Waals surface area contributed by atoms with E-state index in [1.54, 1.807) is 19.1 Å². The summed E-state index contributed by atoms with van der Waals surface area (Å²) in [5, 5.41) is 62.2. The summed E-state index contributed by atoms with van der Waals surface area (Å²) in [6.45, 7) is 1.68. The number of benzene rings is 1. The number of fused-ring (bicyclic) bond motifs is 3. The van der Waals surface area contributed by atoms with Crippen LogP contribution in [0.15, 0.2) is 40.9 Å². The van der Waals surface area contributed by atoms with Gasteiger partial charge in [0.15, 0.2) is 11.4 Å². The molecule has 3 aliphatic carbocycles. The van der Waals surface area contributed by atoms with E-state index >= 15 is 0 Å². The van der Waals surface area contributed by atoms with Crippen molar-refractivity contribution in [3.8, 4) is 5.75 Å². The Morgan fingerprint density at radius 1 is 1.08 bits per heavy atom. The molecule has 2 amide bonds. The number of phenols is 1. The van der Waals surface area contributed by atoms with E-state index < -0.39 is 81.7 Å². The van der Waals surface area contributed by atoms with Crippen LogP contribution in [0.4, 0.5) is 4.79 Å². The number of nitrogens with zero attached hydrogens (tertiary/aromatic N) is 1. The molecule has 0 heterocycles. The number of ketones is 2. The number of carbonyl (C=O) groups is 4. The first-order chi connectivity index (χ1) is 16.6. The van der Waals surface area contributed by atoms with Crippen LogP contribution in [0.3, 0.4) is 0 Å². The van der Waals surface area contributed by atoms with Crippen molar-refractivity contribution in [2.45, 2.75) is 30.6 Å². The lowest BCUT2D eigenvalue weighted by atomic mass is 9.55. The lowest BCUT2D eigenvalue weighted by molar-refractivity contribution is -0.162. The van der Waals surface area contributed by atoms with Gasteiger partial charge in [-0.25, -0.2) is 4.79 Å². The molecular formula is C23H29N3O11. The number of primary amides is 2. The Kier molecular flexibility index (Phi) is 7.76. The number of phenolic OH excluding ortho intramolecular Hbond substituents is 1. The SMILES string of the molecule is C[C@H]1c2cccc(O)c2C(=O)C2=C(O)[C@]3(O)C(=O)C(C(N)=O)=C(O)[C@@H](N(C)C)[C@@H]3[C@@H](O)[C@@H]21.NC(=O)O.O. The molecular weight excluding hydrogens is 494 g/mol. The molecule has 14 nitrogen and oxygen atoms in total. The molecule has 0 saturated heterocycles. The monoisotopic (exact) mass is 523 g/mol. The molecule has 0 spiro atoms. The summed E-state index contributed by atoms with van der Waals surface area (Å²) in [5.41, 5.74) is 5.39. The third-order valence-electron chi connectivity index (χ3n) is 7.00. The minimum atomic E-state index is -2.89. The summed E-state index contributed by atoms with van der Waals surface area (Å²) >= 11 is 0. The zero-order valence-electron chi connectivity index (χ0n) is 20.0. The van der Waals surface area contributed by atoms with Crippen molar-refractivity contribution in [3.05, 3.63) is 52.0 Å². The number of hydrogen-bond donors (Lipinski definition) is 8. The van der Waals surface area contributed by atoms with Crippen LogP contribution in [0.25, 0.3) is 0 Å². The van der Waals surface area contributed by atoms with E-state index in [-0.39, 0.29) is 16.8 Å². The smallest absolute Gasteiger partial charge is 0.402 e. The van der Waals surface area contributed by atoms with Gasteiger partial charge < -0.3 is 47.6 Å². The van der Waals surface area contributed by atoms with E-state index in [1.807, 2.05) is 0 Å². The number of nitrogens with two attached hydrogens (primary N) is 2. The number of aliphatic hydroxyl groups is 4. The third kappa shape index (κ3) is 4.09. The van der Waals surface area contributed by atoms with Gasteiger partial charge in [0.05, 0.1) is 23.6 Å². The second kappa shape index (κ2) is 9.82. The van der Waals surface area contributed by atoms with E-state index in [0.717, 1.165) is 0 Å². The largest absolute Gasteiger partial charge is 0.510 e. The quantitative estimate of drug-likeness (QED) is 0.205. The molecule has 6 atom stereocenters. The highest BCUT2D eigenvalue weighted by molar-refractivity contribution is 6.25. The molecule has 37 heavy (non-hydrogen) atoms. The fourth-order valence-corrected chi connectivity index (χ4v) is 5.58. The highest BCUT2D eigenvalue weighted by atomic mass is 16.4. The summed E-state index contributed by atoms with van der Waals surface area (Å²) in [5.74, 6) is -8.86. The maximum atomic E-state index is 13.3. The van der Waals surface area contributed by atoms with Crippen molar-refractivity contribution in [2.75, 3.05) is 14.1 Å². The molecule has 0 unspecified atom stereocenters. The van der Waals surface area contributed by atoms with Gasteiger partial charge in [-0.3, -0.25) is 19.3 Å². The molecule has 14 heteroatoms. The second-order valence-electron chi connectivity index (χ2n) is 9.13. The van der Waals surface area contributed by atoms with Gasteiger partial charge >= 0.3 is 6.09 Å².